The lowest BCUT2D eigenvalue weighted by atomic mass is 9.97. The Balaban J connectivity index is 5.01. The second-order valence-electron chi connectivity index (χ2n) is 4.14. The lowest BCUT2D eigenvalue weighted by molar-refractivity contribution is -0.155. The van der Waals surface area contributed by atoms with E-state index in [1.54, 1.807) is 0 Å². The minimum Gasteiger partial charge on any atom is -0.444 e. The zero-order valence-corrected chi connectivity index (χ0v) is 11.9. The summed E-state index contributed by atoms with van der Waals surface area (Å²) in [6.45, 7) is 4.51. The number of carbonyl (C=O) groups is 1. The SMILES string of the molecule is CC(C)(C)C(=O)O[C@H](C(Cl)(Cl)Cl)P(=O)(O)O. The van der Waals surface area contributed by atoms with Crippen molar-refractivity contribution in [2.24, 2.45) is 5.41 Å². The second kappa shape index (κ2) is 5.01. The maximum Gasteiger partial charge on any atom is 0.370 e. The van der Waals surface area contributed by atoms with Crippen LogP contribution in [0.3, 0.4) is 0 Å². The summed E-state index contributed by atoms with van der Waals surface area (Å²) in [4.78, 5) is 29.2. The summed E-state index contributed by atoms with van der Waals surface area (Å²) in [5.74, 6) is -2.98. The monoisotopic (exact) mass is 312 g/mol. The molecule has 0 aromatic carbocycles. The molecule has 16 heavy (non-hydrogen) atoms. The van der Waals surface area contributed by atoms with Gasteiger partial charge < -0.3 is 14.5 Å². The number of rotatable bonds is 2. The third-order valence-electron chi connectivity index (χ3n) is 1.42. The highest BCUT2D eigenvalue weighted by atomic mass is 35.6. The minimum atomic E-state index is -4.86. The Morgan fingerprint density at radius 3 is 1.81 bits per heavy atom. The van der Waals surface area contributed by atoms with Crippen LogP contribution in [0, 0.1) is 5.41 Å². The quantitative estimate of drug-likeness (QED) is 0.465. The number of esters is 1. The van der Waals surface area contributed by atoms with Crippen LogP contribution in [-0.2, 0) is 14.1 Å². The van der Waals surface area contributed by atoms with E-state index in [0.717, 1.165) is 0 Å². The topological polar surface area (TPSA) is 83.8 Å². The average molecular weight is 314 g/mol. The fourth-order valence-electron chi connectivity index (χ4n) is 0.604. The van der Waals surface area contributed by atoms with Crippen molar-refractivity contribution in [3.05, 3.63) is 0 Å². The summed E-state index contributed by atoms with van der Waals surface area (Å²) in [5.41, 5.74) is -0.955. The lowest BCUT2D eigenvalue weighted by Gasteiger charge is -2.27. The first-order chi connectivity index (χ1) is 6.76. The van der Waals surface area contributed by atoms with Crippen molar-refractivity contribution >= 4 is 48.4 Å². The molecule has 9 heteroatoms. The summed E-state index contributed by atoms with van der Waals surface area (Å²) in [6, 6.07) is 0. The van der Waals surface area contributed by atoms with Gasteiger partial charge in [-0.1, -0.05) is 34.8 Å². The first-order valence-electron chi connectivity index (χ1n) is 4.09. The summed E-state index contributed by atoms with van der Waals surface area (Å²) in [7, 11) is -4.86. The van der Waals surface area contributed by atoms with Gasteiger partial charge in [0.15, 0.2) is 0 Å². The van der Waals surface area contributed by atoms with Gasteiger partial charge in [0.2, 0.25) is 9.64 Å². The predicted molar refractivity (Wildman–Crippen MR) is 61.7 cm³/mol. The molecular weight excluding hydrogens is 301 g/mol. The number of alkyl halides is 3. The highest BCUT2D eigenvalue weighted by molar-refractivity contribution is 7.53. The van der Waals surface area contributed by atoms with Crippen LogP contribution in [0.1, 0.15) is 20.8 Å². The molecule has 0 bridgehead atoms. The van der Waals surface area contributed by atoms with E-state index in [2.05, 4.69) is 4.74 Å². The van der Waals surface area contributed by atoms with Crippen molar-refractivity contribution in [2.45, 2.75) is 30.4 Å². The van der Waals surface area contributed by atoms with Crippen LogP contribution in [0.4, 0.5) is 0 Å². The molecule has 0 aromatic rings. The van der Waals surface area contributed by atoms with Crippen molar-refractivity contribution in [3.63, 3.8) is 0 Å². The number of hydrogen-bond acceptors (Lipinski definition) is 3. The minimum absolute atomic E-state index is 0.868. The van der Waals surface area contributed by atoms with Crippen molar-refractivity contribution in [1.82, 2.24) is 0 Å². The van der Waals surface area contributed by atoms with Crippen LogP contribution >= 0.6 is 42.4 Å². The average Bonchev–Trinajstić information content (AvgIpc) is 1.92. The summed E-state index contributed by atoms with van der Waals surface area (Å²) in [6.07, 6.45) is 0. The molecule has 0 spiro atoms. The molecule has 0 radical (unpaired) electrons. The van der Waals surface area contributed by atoms with Crippen molar-refractivity contribution in [2.75, 3.05) is 0 Å². The lowest BCUT2D eigenvalue weighted by Crippen LogP contribution is -2.35. The van der Waals surface area contributed by atoms with E-state index in [4.69, 9.17) is 44.6 Å². The summed E-state index contributed by atoms with van der Waals surface area (Å²) in [5, 5.41) is 0. The van der Waals surface area contributed by atoms with Crippen molar-refractivity contribution in [1.29, 1.82) is 0 Å². The van der Waals surface area contributed by atoms with E-state index in [0.29, 0.717) is 0 Å². The van der Waals surface area contributed by atoms with Gasteiger partial charge in [-0.3, -0.25) is 9.36 Å². The van der Waals surface area contributed by atoms with Crippen LogP contribution in [0.15, 0.2) is 0 Å². The molecule has 0 saturated heterocycles. The molecule has 5 nitrogen and oxygen atoms in total. The molecule has 0 aromatic heterocycles. The first kappa shape index (κ1) is 16.5. The molecule has 0 unspecified atom stereocenters. The van der Waals surface area contributed by atoms with Crippen molar-refractivity contribution in [3.8, 4) is 0 Å². The van der Waals surface area contributed by atoms with Gasteiger partial charge in [0.25, 0.3) is 0 Å². The fraction of sp³-hybridized carbons (Fsp3) is 0.857. The van der Waals surface area contributed by atoms with Gasteiger partial charge in [-0.25, -0.2) is 0 Å². The van der Waals surface area contributed by atoms with Crippen LogP contribution in [0.5, 0.6) is 0 Å². The first-order valence-corrected chi connectivity index (χ1v) is 6.91. The number of hydrogen-bond donors (Lipinski definition) is 2. The molecule has 2 N–H and O–H groups in total. The zero-order chi connectivity index (χ0) is 13.4. The fourth-order valence-corrected chi connectivity index (χ4v) is 2.50. The van der Waals surface area contributed by atoms with Gasteiger partial charge in [0.1, 0.15) is 0 Å². The molecule has 96 valence electrons. The van der Waals surface area contributed by atoms with Crippen LogP contribution in [-0.4, -0.2) is 25.4 Å². The van der Waals surface area contributed by atoms with Crippen LogP contribution in [0.25, 0.3) is 0 Å². The molecule has 0 aliphatic heterocycles. The van der Waals surface area contributed by atoms with Gasteiger partial charge in [-0.15, -0.1) is 0 Å². The maximum atomic E-state index is 11.4. The van der Waals surface area contributed by atoms with E-state index in [-0.39, 0.29) is 0 Å². The number of ether oxygens (including phenoxy) is 1. The van der Waals surface area contributed by atoms with E-state index < -0.39 is 28.6 Å². The van der Waals surface area contributed by atoms with Gasteiger partial charge >= 0.3 is 13.6 Å². The molecule has 1 atom stereocenters. The van der Waals surface area contributed by atoms with Gasteiger partial charge in [-0.2, -0.15) is 0 Å². The van der Waals surface area contributed by atoms with Crippen molar-refractivity contribution < 1.29 is 23.9 Å². The number of halogens is 3. The molecule has 0 amide bonds. The van der Waals surface area contributed by atoms with E-state index in [9.17, 15) is 9.36 Å². The Morgan fingerprint density at radius 1 is 1.25 bits per heavy atom. The van der Waals surface area contributed by atoms with Gasteiger partial charge in [-0.05, 0) is 20.8 Å². The Hall–Kier alpha value is 0.490. The van der Waals surface area contributed by atoms with E-state index in [1.807, 2.05) is 0 Å². The largest absolute Gasteiger partial charge is 0.444 e. The molecule has 0 saturated carbocycles. The Kier molecular flexibility index (Phi) is 5.16. The van der Waals surface area contributed by atoms with Gasteiger partial charge in [0, 0.05) is 0 Å². The molecule has 0 heterocycles. The zero-order valence-electron chi connectivity index (χ0n) is 8.78. The van der Waals surface area contributed by atoms with E-state index in [1.165, 1.54) is 20.8 Å². The van der Waals surface area contributed by atoms with Crippen LogP contribution in [0.2, 0.25) is 0 Å². The number of carbonyl (C=O) groups excluding carboxylic acids is 1. The van der Waals surface area contributed by atoms with Gasteiger partial charge in [0.05, 0.1) is 5.41 Å². The molecular formula is C7H12Cl3O5P. The third-order valence-corrected chi connectivity index (χ3v) is 3.57. The molecule has 0 aliphatic carbocycles. The standard InChI is InChI=1S/C7H12Cl3O5P/c1-6(2,3)4(11)15-5(7(8,9)10)16(12,13)14/h5H,1-3H3,(H2,12,13,14)/t5-/m0/s1. The van der Waals surface area contributed by atoms with Crippen LogP contribution < -0.4 is 0 Å². The highest BCUT2D eigenvalue weighted by Gasteiger charge is 2.49. The maximum absolute atomic E-state index is 11.4. The second-order valence-corrected chi connectivity index (χ2v) is 8.15. The Labute approximate surface area is 108 Å². The summed E-state index contributed by atoms with van der Waals surface area (Å²) < 4.78 is 13.2. The Morgan fingerprint density at radius 2 is 1.62 bits per heavy atom. The molecule has 0 rings (SSSR count). The molecule has 0 fully saturated rings. The third kappa shape index (κ3) is 5.21. The normalized spacial score (nSPS) is 15.8. The predicted octanol–water partition coefficient (Wildman–Crippen LogP) is 2.45. The van der Waals surface area contributed by atoms with E-state index >= 15 is 0 Å². The Bertz CT molecular complexity index is 313. The molecule has 0 aliphatic rings. The highest BCUT2D eigenvalue weighted by Crippen LogP contribution is 2.53. The summed E-state index contributed by atoms with van der Waals surface area (Å²) >= 11 is 16.0. The smallest absolute Gasteiger partial charge is 0.370 e.